The van der Waals surface area contributed by atoms with E-state index in [1.165, 1.54) is 6.21 Å². The maximum atomic E-state index is 7.15. The fourth-order valence-electron chi connectivity index (χ4n) is 1.81. The largest absolute Gasteiger partial charge is 0.493 e. The summed E-state index contributed by atoms with van der Waals surface area (Å²) in [5.41, 5.74) is 2.15. The number of ether oxygens (including phenoxy) is 2. The number of hydrogen-bond donors (Lipinski definition) is 1. The molecule has 98 valence electrons. The van der Waals surface area contributed by atoms with E-state index in [-0.39, 0.29) is 0 Å². The van der Waals surface area contributed by atoms with Crippen molar-refractivity contribution in [3.05, 3.63) is 59.7 Å². The maximum Gasteiger partial charge on any atom is 0.161 e. The highest BCUT2D eigenvalue weighted by Crippen LogP contribution is 2.28. The summed E-state index contributed by atoms with van der Waals surface area (Å²) in [6.45, 7) is 0.505. The highest BCUT2D eigenvalue weighted by atomic mass is 16.5. The molecule has 1 N–H and O–H groups in total. The van der Waals surface area contributed by atoms with E-state index in [0.29, 0.717) is 24.5 Å². The van der Waals surface area contributed by atoms with Gasteiger partial charge in [-0.05, 0) is 29.5 Å². The molecule has 0 fully saturated rings. The van der Waals surface area contributed by atoms with Crippen molar-refractivity contribution in [2.45, 2.75) is 13.0 Å². The van der Waals surface area contributed by atoms with Gasteiger partial charge >= 0.3 is 0 Å². The van der Waals surface area contributed by atoms with E-state index in [4.69, 9.17) is 14.9 Å². The Bertz CT molecular complexity index is 538. The van der Waals surface area contributed by atoms with Crippen LogP contribution in [0.1, 0.15) is 11.1 Å². The second-order valence-electron chi connectivity index (χ2n) is 4.17. The quantitative estimate of drug-likeness (QED) is 0.803. The standard InChI is InChI=1S/C16H17NO2/c1-18-15-8-7-13(9-10-17)11-16(15)19-12-14-5-3-2-4-6-14/h2-8,10-11,17H,9,12H2,1H3. The van der Waals surface area contributed by atoms with Crippen LogP contribution in [0.25, 0.3) is 0 Å². The Labute approximate surface area is 113 Å². The first-order valence-corrected chi connectivity index (χ1v) is 6.16. The third kappa shape index (κ3) is 3.58. The summed E-state index contributed by atoms with van der Waals surface area (Å²) in [7, 11) is 1.63. The van der Waals surface area contributed by atoms with Gasteiger partial charge in [0.05, 0.1) is 7.11 Å². The van der Waals surface area contributed by atoms with Crippen LogP contribution in [0.2, 0.25) is 0 Å². The number of hydrogen-bond acceptors (Lipinski definition) is 3. The van der Waals surface area contributed by atoms with Gasteiger partial charge < -0.3 is 14.9 Å². The Balaban J connectivity index is 2.13. The molecule has 0 aromatic heterocycles. The molecule has 0 radical (unpaired) electrons. The number of nitrogens with one attached hydrogen (secondary N) is 1. The topological polar surface area (TPSA) is 42.3 Å². The molecule has 0 saturated heterocycles. The van der Waals surface area contributed by atoms with Crippen LogP contribution in [-0.4, -0.2) is 13.3 Å². The first kappa shape index (κ1) is 13.1. The van der Waals surface area contributed by atoms with Gasteiger partial charge in [-0.1, -0.05) is 36.4 Å². The van der Waals surface area contributed by atoms with Gasteiger partial charge in [0.1, 0.15) is 6.61 Å². The summed E-state index contributed by atoms with van der Waals surface area (Å²) < 4.78 is 11.1. The molecule has 3 nitrogen and oxygen atoms in total. The third-order valence-corrected chi connectivity index (χ3v) is 2.80. The summed E-state index contributed by atoms with van der Waals surface area (Å²) in [5, 5.41) is 7.15. The van der Waals surface area contributed by atoms with Crippen LogP contribution in [0.3, 0.4) is 0 Å². The predicted molar refractivity (Wildman–Crippen MR) is 76.3 cm³/mol. The molecule has 0 amide bonds. The monoisotopic (exact) mass is 255 g/mol. The van der Waals surface area contributed by atoms with Crippen LogP contribution >= 0.6 is 0 Å². The van der Waals surface area contributed by atoms with Crippen molar-refractivity contribution in [1.29, 1.82) is 5.41 Å². The average molecular weight is 255 g/mol. The van der Waals surface area contributed by atoms with E-state index in [2.05, 4.69) is 0 Å². The van der Waals surface area contributed by atoms with E-state index in [1.54, 1.807) is 7.11 Å². The zero-order valence-electron chi connectivity index (χ0n) is 10.9. The molecule has 0 unspecified atom stereocenters. The third-order valence-electron chi connectivity index (χ3n) is 2.80. The van der Waals surface area contributed by atoms with Crippen molar-refractivity contribution in [2.75, 3.05) is 7.11 Å². The van der Waals surface area contributed by atoms with Gasteiger partial charge in [-0.2, -0.15) is 0 Å². The fraction of sp³-hybridized carbons (Fsp3) is 0.188. The predicted octanol–water partition coefficient (Wildman–Crippen LogP) is 3.47. The van der Waals surface area contributed by atoms with Gasteiger partial charge in [-0.3, -0.25) is 0 Å². The summed E-state index contributed by atoms with van der Waals surface area (Å²) in [6.07, 6.45) is 1.98. The van der Waals surface area contributed by atoms with Crippen molar-refractivity contribution < 1.29 is 9.47 Å². The molecule has 0 bridgehead atoms. The number of benzene rings is 2. The Morgan fingerprint density at radius 3 is 2.47 bits per heavy atom. The lowest BCUT2D eigenvalue weighted by molar-refractivity contribution is 0.284. The molecular formula is C16H17NO2. The van der Waals surface area contributed by atoms with Crippen molar-refractivity contribution in [2.24, 2.45) is 0 Å². The molecule has 0 aliphatic heterocycles. The SMILES string of the molecule is COc1ccc(CC=N)cc1OCc1ccccc1. The van der Waals surface area contributed by atoms with Gasteiger partial charge in [0.2, 0.25) is 0 Å². The van der Waals surface area contributed by atoms with Gasteiger partial charge in [-0.15, -0.1) is 0 Å². The molecular weight excluding hydrogens is 238 g/mol. The lowest BCUT2D eigenvalue weighted by atomic mass is 10.1. The van der Waals surface area contributed by atoms with Gasteiger partial charge in [0, 0.05) is 6.42 Å². The summed E-state index contributed by atoms with van der Waals surface area (Å²) in [4.78, 5) is 0. The minimum atomic E-state index is 0.505. The van der Waals surface area contributed by atoms with Crippen LogP contribution in [-0.2, 0) is 13.0 Å². The normalized spacial score (nSPS) is 9.95. The molecule has 2 rings (SSSR count). The molecule has 0 aliphatic carbocycles. The molecule has 0 heterocycles. The lowest BCUT2D eigenvalue weighted by Crippen LogP contribution is -1.98. The molecule has 2 aromatic rings. The van der Waals surface area contributed by atoms with E-state index in [9.17, 15) is 0 Å². The zero-order chi connectivity index (χ0) is 13.5. The van der Waals surface area contributed by atoms with E-state index >= 15 is 0 Å². The Morgan fingerprint density at radius 2 is 1.79 bits per heavy atom. The molecule has 0 aliphatic rings. The van der Waals surface area contributed by atoms with Gasteiger partial charge in [-0.25, -0.2) is 0 Å². The Morgan fingerprint density at radius 1 is 1.00 bits per heavy atom. The van der Waals surface area contributed by atoms with E-state index in [0.717, 1.165) is 11.1 Å². The van der Waals surface area contributed by atoms with Crippen LogP contribution in [0.15, 0.2) is 48.5 Å². The lowest BCUT2D eigenvalue weighted by Gasteiger charge is -2.12. The molecule has 0 saturated carbocycles. The second kappa shape index (κ2) is 6.59. The summed E-state index contributed by atoms with van der Waals surface area (Å²) in [6, 6.07) is 15.7. The first-order valence-electron chi connectivity index (χ1n) is 6.16. The fourth-order valence-corrected chi connectivity index (χ4v) is 1.81. The molecule has 0 spiro atoms. The molecule has 2 aromatic carbocycles. The second-order valence-corrected chi connectivity index (χ2v) is 4.17. The van der Waals surface area contributed by atoms with E-state index < -0.39 is 0 Å². The first-order chi connectivity index (χ1) is 9.33. The summed E-state index contributed by atoms with van der Waals surface area (Å²) >= 11 is 0. The summed E-state index contributed by atoms with van der Waals surface area (Å²) in [5.74, 6) is 1.43. The minimum absolute atomic E-state index is 0.505. The minimum Gasteiger partial charge on any atom is -0.493 e. The van der Waals surface area contributed by atoms with Crippen LogP contribution in [0.4, 0.5) is 0 Å². The number of methoxy groups -OCH3 is 1. The average Bonchev–Trinajstić information content (AvgIpc) is 2.47. The van der Waals surface area contributed by atoms with Crippen molar-refractivity contribution in [3.8, 4) is 11.5 Å². The Hall–Kier alpha value is -2.29. The van der Waals surface area contributed by atoms with Crippen LogP contribution in [0, 0.1) is 5.41 Å². The Kier molecular flexibility index (Phi) is 4.56. The van der Waals surface area contributed by atoms with Gasteiger partial charge in [0.15, 0.2) is 11.5 Å². The molecule has 3 heteroatoms. The molecule has 19 heavy (non-hydrogen) atoms. The van der Waals surface area contributed by atoms with Crippen LogP contribution < -0.4 is 9.47 Å². The van der Waals surface area contributed by atoms with Crippen LogP contribution in [0.5, 0.6) is 11.5 Å². The van der Waals surface area contributed by atoms with Gasteiger partial charge in [0.25, 0.3) is 0 Å². The zero-order valence-corrected chi connectivity index (χ0v) is 10.9. The maximum absolute atomic E-state index is 7.15. The molecule has 0 atom stereocenters. The smallest absolute Gasteiger partial charge is 0.161 e. The van der Waals surface area contributed by atoms with Crippen molar-refractivity contribution >= 4 is 6.21 Å². The van der Waals surface area contributed by atoms with Crippen molar-refractivity contribution in [1.82, 2.24) is 0 Å². The van der Waals surface area contributed by atoms with E-state index in [1.807, 2.05) is 48.5 Å². The highest BCUT2D eigenvalue weighted by Gasteiger charge is 2.05. The highest BCUT2D eigenvalue weighted by molar-refractivity contribution is 5.59. The van der Waals surface area contributed by atoms with Crippen molar-refractivity contribution in [3.63, 3.8) is 0 Å². The number of rotatable bonds is 6.